The molecule has 2 aromatic heterocycles. The second-order valence-electron chi connectivity index (χ2n) is 12.1. The molecule has 0 bridgehead atoms. The summed E-state index contributed by atoms with van der Waals surface area (Å²) >= 11 is 1.44. The lowest BCUT2D eigenvalue weighted by Gasteiger charge is -2.33. The Kier molecular flexibility index (Phi) is 9.63. The normalized spacial score (nSPS) is 14.6. The summed E-state index contributed by atoms with van der Waals surface area (Å²) in [5.74, 6) is 1.37. The Balaban J connectivity index is 1.48. The number of carbonyl (C=O) groups excluding carboxylic acids is 2. The maximum Gasteiger partial charge on any atom is 0.251 e. The van der Waals surface area contributed by atoms with Crippen molar-refractivity contribution in [3.05, 3.63) is 70.4 Å². The second kappa shape index (κ2) is 13.6. The molecule has 44 heavy (non-hydrogen) atoms. The van der Waals surface area contributed by atoms with Crippen LogP contribution < -0.4 is 19.7 Å². The molecule has 0 radical (unpaired) electrons. The molecule has 1 N–H and O–H groups in total. The van der Waals surface area contributed by atoms with Gasteiger partial charge in [0.2, 0.25) is 11.7 Å². The van der Waals surface area contributed by atoms with Gasteiger partial charge in [-0.15, -0.1) is 21.5 Å². The number of ether oxygens (including phenoxy) is 2. The van der Waals surface area contributed by atoms with Gasteiger partial charge in [0, 0.05) is 21.7 Å². The number of benzene rings is 2. The molecular formula is C33H40N6O4S. The number of nitrogens with zero attached hydrogens (tertiary/aromatic N) is 5. The summed E-state index contributed by atoms with van der Waals surface area (Å²) in [5.41, 5.74) is 2.08. The first kappa shape index (κ1) is 31.2. The lowest BCUT2D eigenvalue weighted by Crippen LogP contribution is -2.50. The number of hydrogen-bond donors (Lipinski definition) is 1. The average Bonchev–Trinajstić information content (AvgIpc) is 3.72. The lowest BCUT2D eigenvalue weighted by atomic mass is 9.84. The first-order valence-electron chi connectivity index (χ1n) is 14.9. The number of carbonyl (C=O) groups is 2. The monoisotopic (exact) mass is 616 g/mol. The van der Waals surface area contributed by atoms with Crippen LogP contribution in [-0.2, 0) is 16.1 Å². The third-order valence-corrected chi connectivity index (χ3v) is 8.63. The Morgan fingerprint density at radius 2 is 1.75 bits per heavy atom. The summed E-state index contributed by atoms with van der Waals surface area (Å²) in [6.45, 7) is 5.57. The van der Waals surface area contributed by atoms with E-state index in [2.05, 4.69) is 32.9 Å². The molecule has 1 aliphatic rings. The molecule has 0 aliphatic heterocycles. The molecule has 1 atom stereocenters. The van der Waals surface area contributed by atoms with Crippen LogP contribution in [-0.4, -0.2) is 51.8 Å². The number of aromatic nitrogens is 4. The minimum Gasteiger partial charge on any atom is -0.493 e. The Labute approximate surface area is 262 Å². The molecule has 0 saturated heterocycles. The molecular weight excluding hydrogens is 576 g/mol. The van der Waals surface area contributed by atoms with Gasteiger partial charge in [0.1, 0.15) is 12.6 Å². The molecule has 2 amide bonds. The molecule has 1 unspecified atom stereocenters. The first-order valence-corrected chi connectivity index (χ1v) is 15.8. The van der Waals surface area contributed by atoms with Crippen molar-refractivity contribution < 1.29 is 19.1 Å². The van der Waals surface area contributed by atoms with E-state index in [-0.39, 0.29) is 18.4 Å². The zero-order valence-corrected chi connectivity index (χ0v) is 26.8. The topological polar surface area (TPSA) is 111 Å². The third-order valence-electron chi connectivity index (χ3n) is 7.71. The second-order valence-corrected chi connectivity index (χ2v) is 13.0. The Morgan fingerprint density at radius 3 is 2.39 bits per heavy atom. The van der Waals surface area contributed by atoms with Crippen molar-refractivity contribution in [2.45, 2.75) is 76.9 Å². The van der Waals surface area contributed by atoms with E-state index in [9.17, 15) is 9.59 Å². The number of hydrogen-bond acceptors (Lipinski definition) is 8. The van der Waals surface area contributed by atoms with E-state index >= 15 is 0 Å². The van der Waals surface area contributed by atoms with Crippen molar-refractivity contribution in [2.24, 2.45) is 0 Å². The van der Waals surface area contributed by atoms with Crippen molar-refractivity contribution in [2.75, 3.05) is 19.1 Å². The van der Waals surface area contributed by atoms with Gasteiger partial charge in [-0.05, 0) is 92.1 Å². The third kappa shape index (κ3) is 7.27. The van der Waals surface area contributed by atoms with E-state index < -0.39 is 11.6 Å². The fourth-order valence-corrected chi connectivity index (χ4v) is 6.45. The largest absolute Gasteiger partial charge is 0.493 e. The van der Waals surface area contributed by atoms with E-state index in [4.69, 9.17) is 9.47 Å². The lowest BCUT2D eigenvalue weighted by molar-refractivity contribution is -0.128. The number of methoxy groups -OCH3 is 2. The van der Waals surface area contributed by atoms with Crippen LogP contribution in [0, 0.1) is 0 Å². The molecule has 1 aliphatic carbocycles. The van der Waals surface area contributed by atoms with Crippen molar-refractivity contribution in [3.63, 3.8) is 0 Å². The Hall–Kier alpha value is -4.25. The molecule has 1 fully saturated rings. The van der Waals surface area contributed by atoms with E-state index in [1.165, 1.54) is 53.8 Å². The highest BCUT2D eigenvalue weighted by atomic mass is 32.1. The highest BCUT2D eigenvalue weighted by Crippen LogP contribution is 2.36. The summed E-state index contributed by atoms with van der Waals surface area (Å²) in [5, 5.41) is 17.8. The molecule has 2 aromatic carbocycles. The van der Waals surface area contributed by atoms with Crippen LogP contribution in [0.2, 0.25) is 0 Å². The van der Waals surface area contributed by atoms with Crippen LogP contribution in [0.3, 0.4) is 0 Å². The van der Waals surface area contributed by atoms with Crippen molar-refractivity contribution >= 4 is 28.8 Å². The minimum absolute atomic E-state index is 0.213. The fourth-order valence-electron chi connectivity index (χ4n) is 5.64. The van der Waals surface area contributed by atoms with Gasteiger partial charge in [0.25, 0.3) is 5.91 Å². The van der Waals surface area contributed by atoms with E-state index in [0.717, 1.165) is 4.88 Å². The summed E-state index contributed by atoms with van der Waals surface area (Å²) in [4.78, 5) is 31.7. The molecule has 1 saturated carbocycles. The van der Waals surface area contributed by atoms with Crippen LogP contribution in [0.5, 0.6) is 11.5 Å². The van der Waals surface area contributed by atoms with Gasteiger partial charge in [0.15, 0.2) is 11.5 Å². The van der Waals surface area contributed by atoms with Crippen molar-refractivity contribution in [1.29, 1.82) is 0 Å². The van der Waals surface area contributed by atoms with Gasteiger partial charge in [-0.1, -0.05) is 37.5 Å². The van der Waals surface area contributed by atoms with Gasteiger partial charge in [-0.25, -0.2) is 0 Å². The Bertz CT molecular complexity index is 1560. The molecule has 0 spiro atoms. The van der Waals surface area contributed by atoms with E-state index in [1.807, 2.05) is 50.4 Å². The van der Waals surface area contributed by atoms with E-state index in [1.54, 1.807) is 37.3 Å². The van der Waals surface area contributed by atoms with Crippen LogP contribution in [0.15, 0.2) is 60.0 Å². The summed E-state index contributed by atoms with van der Waals surface area (Å²) in [6, 6.07) is 16.3. The highest BCUT2D eigenvalue weighted by Gasteiger charge is 2.35. The molecule has 4 aromatic rings. The van der Waals surface area contributed by atoms with Crippen LogP contribution in [0.25, 0.3) is 11.4 Å². The van der Waals surface area contributed by atoms with Gasteiger partial charge in [-0.2, -0.15) is 4.80 Å². The van der Waals surface area contributed by atoms with Crippen LogP contribution >= 0.6 is 11.3 Å². The number of amides is 2. The van der Waals surface area contributed by atoms with Crippen LogP contribution in [0.1, 0.15) is 75.3 Å². The number of rotatable bonds is 10. The Morgan fingerprint density at radius 1 is 1.02 bits per heavy atom. The number of anilines is 1. The predicted octanol–water partition coefficient (Wildman–Crippen LogP) is 6.16. The fraction of sp³-hybridized carbons (Fsp3) is 0.424. The maximum absolute atomic E-state index is 14.2. The first-order chi connectivity index (χ1) is 21.2. The van der Waals surface area contributed by atoms with Gasteiger partial charge < -0.3 is 14.8 Å². The molecule has 2 heterocycles. The van der Waals surface area contributed by atoms with E-state index in [0.29, 0.717) is 34.5 Å². The van der Waals surface area contributed by atoms with Gasteiger partial charge >= 0.3 is 0 Å². The molecule has 232 valence electrons. The average molecular weight is 617 g/mol. The molecule has 10 nitrogen and oxygen atoms in total. The smallest absolute Gasteiger partial charge is 0.251 e. The molecule has 5 rings (SSSR count). The maximum atomic E-state index is 14.2. The summed E-state index contributed by atoms with van der Waals surface area (Å²) < 4.78 is 10.7. The van der Waals surface area contributed by atoms with Crippen molar-refractivity contribution in [3.8, 4) is 22.9 Å². The number of tetrazole rings is 1. The highest BCUT2D eigenvalue weighted by molar-refractivity contribution is 7.10. The minimum atomic E-state index is -0.879. The van der Waals surface area contributed by atoms with Gasteiger partial charge in [0.05, 0.1) is 14.2 Å². The summed E-state index contributed by atoms with van der Waals surface area (Å²) in [6.07, 6.45) is 6.11. The number of nitrogens with one attached hydrogen (secondary N) is 1. The molecule has 11 heteroatoms. The van der Waals surface area contributed by atoms with Gasteiger partial charge in [-0.3, -0.25) is 14.5 Å². The zero-order valence-electron chi connectivity index (χ0n) is 25.9. The quantitative estimate of drug-likeness (QED) is 0.227. The van der Waals surface area contributed by atoms with Crippen LogP contribution in [0.4, 0.5) is 5.69 Å². The predicted molar refractivity (Wildman–Crippen MR) is 171 cm³/mol. The van der Waals surface area contributed by atoms with Crippen molar-refractivity contribution in [1.82, 2.24) is 25.5 Å². The standard InChI is InChI=1S/C33H40N6O4S/c1-33(2,3)34-32(41)30(28-12-9-19-44-28)39(25-16-13-23(14-17-25)22-10-7-6-8-11-22)29(40)21-38-36-31(35-37-38)24-15-18-26(42-4)27(20-24)43-5/h9,12-20,22,30H,6-8,10-11,21H2,1-5H3,(H,34,41). The number of thiophene rings is 1. The SMILES string of the molecule is COc1ccc(-c2nnn(CC(=O)N(c3ccc(C4CCCCC4)cc3)C(C(=O)NC(C)(C)C)c3cccs3)n2)cc1OC. The zero-order chi connectivity index (χ0) is 31.3. The summed E-state index contributed by atoms with van der Waals surface area (Å²) in [7, 11) is 3.12.